The molecule has 0 radical (unpaired) electrons. The van der Waals surface area contributed by atoms with Gasteiger partial charge in [-0.3, -0.25) is 0 Å². The van der Waals surface area contributed by atoms with Crippen LogP contribution >= 0.6 is 0 Å². The van der Waals surface area contributed by atoms with Crippen LogP contribution in [0, 0.1) is 0 Å². The van der Waals surface area contributed by atoms with Crippen molar-refractivity contribution < 1.29 is 21.6 Å². The second-order valence-corrected chi connectivity index (χ2v) is 8.98. The van der Waals surface area contributed by atoms with Crippen LogP contribution < -0.4 is 10.5 Å². The van der Waals surface area contributed by atoms with Gasteiger partial charge in [0, 0.05) is 25.2 Å². The Morgan fingerprint density at radius 3 is 2.43 bits per heavy atom. The Hall–Kier alpha value is -1.16. The summed E-state index contributed by atoms with van der Waals surface area (Å²) in [6, 6.07) is 4.46. The summed E-state index contributed by atoms with van der Waals surface area (Å²) < 4.78 is 54.1. The van der Waals surface area contributed by atoms with Crippen molar-refractivity contribution in [3.05, 3.63) is 23.8 Å². The van der Waals surface area contributed by atoms with Crippen molar-refractivity contribution in [3.63, 3.8) is 0 Å². The van der Waals surface area contributed by atoms with E-state index >= 15 is 0 Å². The van der Waals surface area contributed by atoms with Gasteiger partial charge in [0.25, 0.3) is 0 Å². The predicted octanol–water partition coefficient (Wildman–Crippen LogP) is -0.427. The second kappa shape index (κ2) is 5.91. The molecule has 0 bridgehead atoms. The maximum absolute atomic E-state index is 12.5. The third-order valence-corrected chi connectivity index (χ3v) is 6.92. The van der Waals surface area contributed by atoms with Gasteiger partial charge in [0.1, 0.15) is 5.75 Å². The molecule has 2 N–H and O–H groups in total. The van der Waals surface area contributed by atoms with Crippen molar-refractivity contribution in [3.8, 4) is 5.75 Å². The predicted molar refractivity (Wildman–Crippen MR) is 78.3 cm³/mol. The molecular weight excluding hydrogens is 316 g/mol. The fourth-order valence-electron chi connectivity index (χ4n) is 2.16. The van der Waals surface area contributed by atoms with Gasteiger partial charge in [-0.1, -0.05) is 0 Å². The van der Waals surface area contributed by atoms with Crippen molar-refractivity contribution in [1.29, 1.82) is 0 Å². The normalized spacial score (nSPS) is 19.3. The van der Waals surface area contributed by atoms with Crippen molar-refractivity contribution in [2.75, 3.05) is 31.7 Å². The van der Waals surface area contributed by atoms with Gasteiger partial charge in [-0.2, -0.15) is 4.31 Å². The molecule has 21 heavy (non-hydrogen) atoms. The maximum Gasteiger partial charge on any atom is 0.243 e. The van der Waals surface area contributed by atoms with Crippen LogP contribution in [0.1, 0.15) is 5.56 Å². The lowest BCUT2D eigenvalue weighted by atomic mass is 10.2. The Kier molecular flexibility index (Phi) is 4.57. The highest BCUT2D eigenvalue weighted by Gasteiger charge is 2.31. The molecule has 0 atom stereocenters. The average molecular weight is 334 g/mol. The van der Waals surface area contributed by atoms with Gasteiger partial charge < -0.3 is 10.5 Å². The summed E-state index contributed by atoms with van der Waals surface area (Å²) in [4.78, 5) is 0.100. The number of sulfone groups is 1. The number of hydrogen-bond acceptors (Lipinski definition) is 6. The zero-order valence-electron chi connectivity index (χ0n) is 11.6. The van der Waals surface area contributed by atoms with Crippen LogP contribution in [0.2, 0.25) is 0 Å². The van der Waals surface area contributed by atoms with Gasteiger partial charge in [0.2, 0.25) is 10.0 Å². The standard InChI is InChI=1S/C12H18N2O5S2/c1-19-12-3-2-11(8-10(12)9-13)21(17,18)14-4-6-20(15,16)7-5-14/h2-3,8H,4-7,9,13H2,1H3. The van der Waals surface area contributed by atoms with E-state index in [1.165, 1.54) is 23.5 Å². The Bertz CT molecular complexity index is 714. The molecule has 7 nitrogen and oxygen atoms in total. The van der Waals surface area contributed by atoms with E-state index < -0.39 is 19.9 Å². The van der Waals surface area contributed by atoms with E-state index in [2.05, 4.69) is 0 Å². The molecule has 1 aromatic carbocycles. The molecule has 9 heteroatoms. The van der Waals surface area contributed by atoms with Crippen LogP contribution in [-0.2, 0) is 26.4 Å². The SMILES string of the molecule is COc1ccc(S(=O)(=O)N2CCS(=O)(=O)CC2)cc1CN. The summed E-state index contributed by atoms with van der Waals surface area (Å²) in [6.45, 7) is 0.115. The summed E-state index contributed by atoms with van der Waals surface area (Å²) in [5.74, 6) is 0.232. The molecule has 1 aliphatic rings. The topological polar surface area (TPSA) is 107 Å². The molecule has 118 valence electrons. The van der Waals surface area contributed by atoms with Crippen LogP contribution in [0.15, 0.2) is 23.1 Å². The van der Waals surface area contributed by atoms with Gasteiger partial charge in [0.05, 0.1) is 23.5 Å². The van der Waals surface area contributed by atoms with E-state index in [9.17, 15) is 16.8 Å². The third kappa shape index (κ3) is 3.37. The third-order valence-electron chi connectivity index (χ3n) is 3.41. The van der Waals surface area contributed by atoms with Crippen LogP contribution in [0.5, 0.6) is 5.75 Å². The zero-order valence-corrected chi connectivity index (χ0v) is 13.3. The van der Waals surface area contributed by atoms with Crippen molar-refractivity contribution >= 4 is 19.9 Å². The number of ether oxygens (including phenoxy) is 1. The van der Waals surface area contributed by atoms with Crippen molar-refractivity contribution in [2.24, 2.45) is 5.73 Å². The lowest BCUT2D eigenvalue weighted by molar-refractivity contribution is 0.408. The number of nitrogens with zero attached hydrogens (tertiary/aromatic N) is 1. The first-order valence-electron chi connectivity index (χ1n) is 6.38. The Morgan fingerprint density at radius 1 is 1.29 bits per heavy atom. The van der Waals surface area contributed by atoms with E-state index in [1.807, 2.05) is 0 Å². The number of benzene rings is 1. The first-order valence-corrected chi connectivity index (χ1v) is 9.64. The Morgan fingerprint density at radius 2 is 1.90 bits per heavy atom. The number of sulfonamides is 1. The first kappa shape index (κ1) is 16.2. The molecule has 1 heterocycles. The van der Waals surface area contributed by atoms with Gasteiger partial charge in [-0.15, -0.1) is 0 Å². The van der Waals surface area contributed by atoms with Crippen LogP contribution in [-0.4, -0.2) is 52.8 Å². The van der Waals surface area contributed by atoms with E-state index in [0.29, 0.717) is 11.3 Å². The molecule has 0 aliphatic carbocycles. The highest BCUT2D eigenvalue weighted by Crippen LogP contribution is 2.25. The molecule has 0 amide bonds. The maximum atomic E-state index is 12.5. The minimum Gasteiger partial charge on any atom is -0.496 e. The minimum atomic E-state index is -3.71. The molecule has 2 rings (SSSR count). The molecule has 0 unspecified atom stereocenters. The summed E-state index contributed by atoms with van der Waals surface area (Å²) in [5.41, 5.74) is 6.17. The van der Waals surface area contributed by atoms with Gasteiger partial charge in [-0.05, 0) is 18.2 Å². The number of rotatable bonds is 4. The van der Waals surface area contributed by atoms with E-state index in [-0.39, 0.29) is 36.0 Å². The van der Waals surface area contributed by atoms with Crippen molar-refractivity contribution in [2.45, 2.75) is 11.4 Å². The number of nitrogens with two attached hydrogens (primary N) is 1. The fourth-order valence-corrected chi connectivity index (χ4v) is 5.09. The van der Waals surface area contributed by atoms with Gasteiger partial charge >= 0.3 is 0 Å². The number of methoxy groups -OCH3 is 1. The largest absolute Gasteiger partial charge is 0.496 e. The highest BCUT2D eigenvalue weighted by molar-refractivity contribution is 7.92. The zero-order chi connectivity index (χ0) is 15.7. The van der Waals surface area contributed by atoms with Gasteiger partial charge in [0.15, 0.2) is 9.84 Å². The Labute approximate surface area is 124 Å². The molecule has 0 aromatic heterocycles. The van der Waals surface area contributed by atoms with E-state index in [0.717, 1.165) is 0 Å². The second-order valence-electron chi connectivity index (χ2n) is 4.73. The van der Waals surface area contributed by atoms with E-state index in [1.54, 1.807) is 6.07 Å². The Balaban J connectivity index is 2.32. The summed E-state index contributed by atoms with van der Waals surface area (Å²) >= 11 is 0. The highest BCUT2D eigenvalue weighted by atomic mass is 32.2. The van der Waals surface area contributed by atoms with Crippen LogP contribution in [0.3, 0.4) is 0 Å². The first-order chi connectivity index (χ1) is 9.80. The van der Waals surface area contributed by atoms with E-state index in [4.69, 9.17) is 10.5 Å². The summed E-state index contributed by atoms with van der Waals surface area (Å²) in [6.07, 6.45) is 0. The molecule has 1 saturated heterocycles. The van der Waals surface area contributed by atoms with Crippen molar-refractivity contribution in [1.82, 2.24) is 4.31 Å². The molecule has 1 aromatic rings. The minimum absolute atomic E-state index is 0.0192. The lowest BCUT2D eigenvalue weighted by Crippen LogP contribution is -2.43. The monoisotopic (exact) mass is 334 g/mol. The average Bonchev–Trinajstić information content (AvgIpc) is 2.46. The molecule has 0 saturated carbocycles. The van der Waals surface area contributed by atoms with Crippen LogP contribution in [0.4, 0.5) is 0 Å². The molecule has 0 spiro atoms. The van der Waals surface area contributed by atoms with Gasteiger partial charge in [-0.25, -0.2) is 16.8 Å². The fraction of sp³-hybridized carbons (Fsp3) is 0.500. The van der Waals surface area contributed by atoms with Crippen LogP contribution in [0.25, 0.3) is 0 Å². The molecule has 1 fully saturated rings. The molecule has 1 aliphatic heterocycles. The molecular formula is C12H18N2O5S2. The number of hydrogen-bond donors (Lipinski definition) is 1. The summed E-state index contributed by atoms with van der Waals surface area (Å²) in [5, 5.41) is 0. The smallest absolute Gasteiger partial charge is 0.243 e. The summed E-state index contributed by atoms with van der Waals surface area (Å²) in [7, 11) is -5.36. The quantitative estimate of drug-likeness (QED) is 0.801. The lowest BCUT2D eigenvalue weighted by Gasteiger charge is -2.26.